The van der Waals surface area contributed by atoms with Crippen molar-refractivity contribution in [2.45, 2.75) is 32.6 Å². The summed E-state index contributed by atoms with van der Waals surface area (Å²) < 4.78 is 0. The number of hydrogen-bond donors (Lipinski definition) is 2. The highest BCUT2D eigenvalue weighted by Gasteiger charge is 2.35. The highest BCUT2D eigenvalue weighted by Crippen LogP contribution is 2.32. The summed E-state index contributed by atoms with van der Waals surface area (Å²) >= 11 is 0. The minimum Gasteiger partial charge on any atom is -0.396 e. The largest absolute Gasteiger partial charge is 0.396 e. The van der Waals surface area contributed by atoms with Crippen LogP contribution in [0.4, 0.5) is 0 Å². The fourth-order valence-electron chi connectivity index (χ4n) is 2.43. The molecule has 0 spiro atoms. The maximum Gasteiger partial charge on any atom is 0.225 e. The van der Waals surface area contributed by atoms with Crippen molar-refractivity contribution in [1.29, 1.82) is 0 Å². The molecule has 2 aliphatic rings. The lowest BCUT2D eigenvalue weighted by Crippen LogP contribution is -2.44. The minimum atomic E-state index is 0.0224. The number of aliphatic hydroxyl groups excluding tert-OH is 1. The van der Waals surface area contributed by atoms with E-state index in [1.807, 2.05) is 11.8 Å². The monoisotopic (exact) mass is 268 g/mol. The third kappa shape index (κ3) is 3.93. The van der Waals surface area contributed by atoms with Crippen molar-refractivity contribution in [2.24, 2.45) is 17.8 Å². The summed E-state index contributed by atoms with van der Waals surface area (Å²) in [7, 11) is 0. The molecule has 0 bridgehead atoms. The lowest BCUT2D eigenvalue weighted by atomic mass is 9.95. The number of carbonyl (C=O) groups excluding carboxylic acids is 2. The summed E-state index contributed by atoms with van der Waals surface area (Å²) in [5.41, 5.74) is 0. The third-order valence-corrected chi connectivity index (χ3v) is 4.04. The molecule has 2 fully saturated rings. The summed E-state index contributed by atoms with van der Waals surface area (Å²) in [4.78, 5) is 25.7. The summed E-state index contributed by atoms with van der Waals surface area (Å²) in [6, 6.07) is 0. The Kier molecular flexibility index (Phi) is 4.80. The van der Waals surface area contributed by atoms with Gasteiger partial charge in [0.05, 0.1) is 0 Å². The van der Waals surface area contributed by atoms with Crippen LogP contribution in [0, 0.1) is 17.8 Å². The predicted octanol–water partition coefficient (Wildman–Crippen LogP) is 0.380. The number of likely N-dealkylation sites (tertiary alicyclic amines) is 1. The number of carbonyl (C=O) groups is 2. The average molecular weight is 268 g/mol. The van der Waals surface area contributed by atoms with Gasteiger partial charge in [-0.3, -0.25) is 9.59 Å². The van der Waals surface area contributed by atoms with Crippen LogP contribution in [0.15, 0.2) is 0 Å². The second-order valence-corrected chi connectivity index (χ2v) is 5.91. The molecule has 2 N–H and O–H groups in total. The molecular weight excluding hydrogens is 244 g/mol. The maximum atomic E-state index is 11.9. The second kappa shape index (κ2) is 6.37. The standard InChI is InChI=1S/C14H24N2O3/c1-10(9-17)8-15-13(18)11-4-6-16(7-5-11)14(19)12-2-3-12/h10-12,17H,2-9H2,1H3,(H,15,18). The van der Waals surface area contributed by atoms with Crippen molar-refractivity contribution in [2.75, 3.05) is 26.2 Å². The van der Waals surface area contributed by atoms with Crippen molar-refractivity contribution in [3.8, 4) is 0 Å². The smallest absolute Gasteiger partial charge is 0.225 e. The SMILES string of the molecule is CC(CO)CNC(=O)C1CCN(C(=O)C2CC2)CC1. The van der Waals surface area contributed by atoms with Gasteiger partial charge in [0.1, 0.15) is 0 Å². The fraction of sp³-hybridized carbons (Fsp3) is 0.857. The summed E-state index contributed by atoms with van der Waals surface area (Å²) in [6.45, 7) is 3.94. The van der Waals surface area contributed by atoms with Crippen molar-refractivity contribution in [3.63, 3.8) is 0 Å². The molecule has 2 amide bonds. The first-order valence-corrected chi connectivity index (χ1v) is 7.29. The number of piperidine rings is 1. The molecule has 1 aliphatic carbocycles. The zero-order valence-electron chi connectivity index (χ0n) is 11.6. The highest BCUT2D eigenvalue weighted by atomic mass is 16.3. The van der Waals surface area contributed by atoms with Crippen LogP contribution in [0.1, 0.15) is 32.6 Å². The van der Waals surface area contributed by atoms with Gasteiger partial charge in [-0.05, 0) is 31.6 Å². The Morgan fingerprint density at radius 3 is 2.37 bits per heavy atom. The Balaban J connectivity index is 1.70. The quantitative estimate of drug-likeness (QED) is 0.757. The fourth-order valence-corrected chi connectivity index (χ4v) is 2.43. The second-order valence-electron chi connectivity index (χ2n) is 5.91. The predicted molar refractivity (Wildman–Crippen MR) is 71.3 cm³/mol. The van der Waals surface area contributed by atoms with Crippen LogP contribution in [-0.4, -0.2) is 48.1 Å². The first kappa shape index (κ1) is 14.3. The van der Waals surface area contributed by atoms with Gasteiger partial charge in [0.2, 0.25) is 11.8 Å². The number of rotatable bonds is 5. The van der Waals surface area contributed by atoms with Crippen molar-refractivity contribution in [1.82, 2.24) is 10.2 Å². The van der Waals surface area contributed by atoms with Crippen LogP contribution in [0.5, 0.6) is 0 Å². The van der Waals surface area contributed by atoms with Crippen LogP contribution in [-0.2, 0) is 9.59 Å². The van der Waals surface area contributed by atoms with E-state index < -0.39 is 0 Å². The average Bonchev–Trinajstić information content (AvgIpc) is 3.28. The first-order valence-electron chi connectivity index (χ1n) is 7.29. The Labute approximate surface area is 114 Å². The Bertz CT molecular complexity index is 334. The molecule has 1 saturated carbocycles. The van der Waals surface area contributed by atoms with Gasteiger partial charge in [-0.15, -0.1) is 0 Å². The Morgan fingerprint density at radius 2 is 1.84 bits per heavy atom. The molecule has 0 aromatic carbocycles. The number of amides is 2. The number of nitrogens with zero attached hydrogens (tertiary/aromatic N) is 1. The summed E-state index contributed by atoms with van der Waals surface area (Å²) in [5, 5.41) is 11.8. The van der Waals surface area contributed by atoms with Crippen molar-refractivity contribution < 1.29 is 14.7 Å². The van der Waals surface area contributed by atoms with Gasteiger partial charge in [0.25, 0.3) is 0 Å². The van der Waals surface area contributed by atoms with E-state index in [0.717, 1.165) is 25.7 Å². The molecule has 0 radical (unpaired) electrons. The van der Waals surface area contributed by atoms with Gasteiger partial charge in [-0.1, -0.05) is 6.92 Å². The van der Waals surface area contributed by atoms with Crippen molar-refractivity contribution in [3.05, 3.63) is 0 Å². The van der Waals surface area contributed by atoms with Crippen LogP contribution in [0.2, 0.25) is 0 Å². The maximum absolute atomic E-state index is 11.9. The van der Waals surface area contributed by atoms with Crippen LogP contribution >= 0.6 is 0 Å². The molecule has 0 aromatic heterocycles. The van der Waals surface area contributed by atoms with E-state index in [4.69, 9.17) is 5.11 Å². The van der Waals surface area contributed by atoms with E-state index in [1.165, 1.54) is 0 Å². The van der Waals surface area contributed by atoms with E-state index in [2.05, 4.69) is 5.32 Å². The molecule has 5 heteroatoms. The molecule has 1 aliphatic heterocycles. The lowest BCUT2D eigenvalue weighted by Gasteiger charge is -2.31. The molecule has 1 unspecified atom stereocenters. The van der Waals surface area contributed by atoms with E-state index in [9.17, 15) is 9.59 Å². The first-order chi connectivity index (χ1) is 9.11. The van der Waals surface area contributed by atoms with Gasteiger partial charge >= 0.3 is 0 Å². The molecule has 5 nitrogen and oxygen atoms in total. The number of hydrogen-bond acceptors (Lipinski definition) is 3. The molecule has 19 heavy (non-hydrogen) atoms. The molecule has 1 atom stereocenters. The number of nitrogens with one attached hydrogen (secondary N) is 1. The van der Waals surface area contributed by atoms with E-state index in [-0.39, 0.29) is 36.2 Å². The van der Waals surface area contributed by atoms with Crippen LogP contribution < -0.4 is 5.32 Å². The molecule has 0 aromatic rings. The summed E-state index contributed by atoms with van der Waals surface area (Å²) in [6.07, 6.45) is 3.60. The van der Waals surface area contributed by atoms with Gasteiger partial charge in [0, 0.05) is 38.1 Å². The number of aliphatic hydroxyl groups is 1. The van der Waals surface area contributed by atoms with E-state index in [1.54, 1.807) is 0 Å². The molecule has 108 valence electrons. The third-order valence-electron chi connectivity index (χ3n) is 4.04. The summed E-state index contributed by atoms with van der Waals surface area (Å²) in [5.74, 6) is 0.747. The van der Waals surface area contributed by atoms with Crippen molar-refractivity contribution >= 4 is 11.8 Å². The van der Waals surface area contributed by atoms with E-state index >= 15 is 0 Å². The molecule has 2 rings (SSSR count). The zero-order chi connectivity index (χ0) is 13.8. The minimum absolute atomic E-state index is 0.0224. The van der Waals surface area contributed by atoms with Crippen LogP contribution in [0.3, 0.4) is 0 Å². The topological polar surface area (TPSA) is 69.6 Å². The Hall–Kier alpha value is -1.10. The molecule has 1 saturated heterocycles. The van der Waals surface area contributed by atoms with E-state index in [0.29, 0.717) is 19.6 Å². The molecule has 1 heterocycles. The molecular formula is C14H24N2O3. The van der Waals surface area contributed by atoms with Gasteiger partial charge in [0.15, 0.2) is 0 Å². The zero-order valence-corrected chi connectivity index (χ0v) is 11.6. The van der Waals surface area contributed by atoms with Crippen LogP contribution in [0.25, 0.3) is 0 Å². The lowest BCUT2D eigenvalue weighted by molar-refractivity contribution is -0.136. The highest BCUT2D eigenvalue weighted by molar-refractivity contribution is 5.82. The van der Waals surface area contributed by atoms with Gasteiger partial charge < -0.3 is 15.3 Å². The Morgan fingerprint density at radius 1 is 1.21 bits per heavy atom. The normalized spacial score (nSPS) is 22.1. The van der Waals surface area contributed by atoms with Gasteiger partial charge in [-0.25, -0.2) is 0 Å². The van der Waals surface area contributed by atoms with Gasteiger partial charge in [-0.2, -0.15) is 0 Å².